The van der Waals surface area contributed by atoms with Gasteiger partial charge in [0.15, 0.2) is 5.69 Å². The number of H-pyrrole nitrogens is 1. The molecule has 1 aromatic carbocycles. The van der Waals surface area contributed by atoms with Crippen molar-refractivity contribution in [3.63, 3.8) is 0 Å². The summed E-state index contributed by atoms with van der Waals surface area (Å²) in [5.41, 5.74) is 5.81. The van der Waals surface area contributed by atoms with Gasteiger partial charge in [-0.1, -0.05) is 18.2 Å². The third kappa shape index (κ3) is 3.32. The Balaban J connectivity index is 1.39. The zero-order chi connectivity index (χ0) is 19.8. The fourth-order valence-corrected chi connectivity index (χ4v) is 4.84. The summed E-state index contributed by atoms with van der Waals surface area (Å²) in [5.74, 6) is -0.417. The molecule has 1 aromatic heterocycles. The second-order valence-corrected chi connectivity index (χ2v) is 8.15. The third-order valence-electron chi connectivity index (χ3n) is 6.59. The summed E-state index contributed by atoms with van der Waals surface area (Å²) in [5, 5.41) is 16.1. The second-order valence-electron chi connectivity index (χ2n) is 8.15. The van der Waals surface area contributed by atoms with Crippen LogP contribution in [0.2, 0.25) is 0 Å². The molecule has 1 saturated heterocycles. The van der Waals surface area contributed by atoms with E-state index in [1.807, 2.05) is 4.90 Å². The number of carboxylic acids is 1. The predicted octanol–water partition coefficient (Wildman–Crippen LogP) is 3.55. The first-order valence-corrected chi connectivity index (χ1v) is 10.1. The lowest BCUT2D eigenvalue weighted by Gasteiger charge is -2.33. The Morgan fingerprint density at radius 3 is 2.68 bits per heavy atom. The van der Waals surface area contributed by atoms with Crippen LogP contribution in [0.3, 0.4) is 0 Å². The first-order valence-electron chi connectivity index (χ1n) is 10.1. The van der Waals surface area contributed by atoms with E-state index in [1.54, 1.807) is 0 Å². The fraction of sp³-hybridized carbons (Fsp3) is 0.500. The molecule has 0 saturated carbocycles. The molecule has 1 aliphatic carbocycles. The van der Waals surface area contributed by atoms with Crippen molar-refractivity contribution in [1.29, 1.82) is 0 Å². The maximum atomic E-state index is 12.9. The molecule has 28 heavy (non-hydrogen) atoms. The molecule has 6 heteroatoms. The molecule has 0 spiro atoms. The number of nitrogens with zero attached hydrogens (tertiary/aromatic N) is 2. The van der Waals surface area contributed by atoms with E-state index >= 15 is 0 Å². The Kier molecular flexibility index (Phi) is 4.96. The van der Waals surface area contributed by atoms with Crippen LogP contribution in [-0.4, -0.2) is 45.2 Å². The number of aromatic amines is 1. The van der Waals surface area contributed by atoms with Crippen LogP contribution in [0.25, 0.3) is 0 Å². The van der Waals surface area contributed by atoms with Crippen molar-refractivity contribution in [2.24, 2.45) is 0 Å². The molecule has 0 bridgehead atoms. The topological polar surface area (TPSA) is 86.3 Å². The molecule has 0 radical (unpaired) electrons. The maximum absolute atomic E-state index is 12.9. The van der Waals surface area contributed by atoms with Crippen LogP contribution in [0.5, 0.6) is 0 Å². The number of benzene rings is 1. The number of nitrogens with one attached hydrogen (secondary N) is 1. The molecular formula is C22H27N3O3. The Hall–Kier alpha value is -2.63. The summed E-state index contributed by atoms with van der Waals surface area (Å²) in [6.07, 6.45) is 3.92. The van der Waals surface area contributed by atoms with Crippen molar-refractivity contribution in [1.82, 2.24) is 15.1 Å². The molecule has 2 N–H and O–H groups in total. The molecule has 1 amide bonds. The van der Waals surface area contributed by atoms with Gasteiger partial charge in [-0.15, -0.1) is 0 Å². The quantitative estimate of drug-likeness (QED) is 0.848. The molecule has 1 aliphatic heterocycles. The SMILES string of the molecule is Cc1cccc(C2CCN(C(=O)CC3CCc4[nH]nc(C(=O)O)c43)CC2)c1C. The monoisotopic (exact) mass is 381 g/mol. The molecule has 6 nitrogen and oxygen atoms in total. The lowest BCUT2D eigenvalue weighted by atomic mass is 9.85. The van der Waals surface area contributed by atoms with E-state index in [0.29, 0.717) is 12.3 Å². The van der Waals surface area contributed by atoms with Crippen LogP contribution in [0, 0.1) is 13.8 Å². The number of carboxylic acid groups (broad SMARTS) is 1. The Labute approximate surface area is 164 Å². The van der Waals surface area contributed by atoms with Gasteiger partial charge in [0.05, 0.1) is 0 Å². The smallest absolute Gasteiger partial charge is 0.356 e. The van der Waals surface area contributed by atoms with Gasteiger partial charge in [0.2, 0.25) is 5.91 Å². The molecule has 2 aliphatic rings. The van der Waals surface area contributed by atoms with E-state index in [0.717, 1.165) is 50.0 Å². The van der Waals surface area contributed by atoms with Crippen LogP contribution >= 0.6 is 0 Å². The molecule has 2 heterocycles. The van der Waals surface area contributed by atoms with Gasteiger partial charge < -0.3 is 10.0 Å². The zero-order valence-electron chi connectivity index (χ0n) is 16.5. The number of carbonyl (C=O) groups is 2. The number of carbonyl (C=O) groups excluding carboxylic acids is 1. The van der Waals surface area contributed by atoms with Crippen molar-refractivity contribution in [2.75, 3.05) is 13.1 Å². The molecule has 148 valence electrons. The molecule has 1 atom stereocenters. The highest BCUT2D eigenvalue weighted by molar-refractivity contribution is 5.88. The van der Waals surface area contributed by atoms with E-state index in [4.69, 9.17) is 0 Å². The third-order valence-corrected chi connectivity index (χ3v) is 6.59. The largest absolute Gasteiger partial charge is 0.476 e. The average Bonchev–Trinajstić information content (AvgIpc) is 3.27. The van der Waals surface area contributed by atoms with Crippen molar-refractivity contribution >= 4 is 11.9 Å². The van der Waals surface area contributed by atoms with Crippen LogP contribution in [0.15, 0.2) is 18.2 Å². The fourth-order valence-electron chi connectivity index (χ4n) is 4.84. The van der Waals surface area contributed by atoms with Gasteiger partial charge in [0, 0.05) is 30.8 Å². The first-order chi connectivity index (χ1) is 13.5. The number of aromatic nitrogens is 2. The number of amides is 1. The van der Waals surface area contributed by atoms with Crippen molar-refractivity contribution in [2.45, 2.75) is 57.8 Å². The van der Waals surface area contributed by atoms with E-state index in [9.17, 15) is 14.7 Å². The Bertz CT molecular complexity index is 910. The standard InChI is InChI=1S/C22H27N3O3/c1-13-4-3-5-17(14(13)2)15-8-10-25(11-9-15)19(26)12-16-6-7-18-20(16)21(22(27)28)24-23-18/h3-5,15-16H,6-12H2,1-2H3,(H,23,24)(H,27,28). The minimum absolute atomic E-state index is 0.0379. The van der Waals surface area contributed by atoms with Crippen molar-refractivity contribution in [3.05, 3.63) is 51.8 Å². The van der Waals surface area contributed by atoms with E-state index < -0.39 is 5.97 Å². The lowest BCUT2D eigenvalue weighted by molar-refractivity contribution is -0.132. The molecule has 1 fully saturated rings. The molecule has 4 rings (SSSR count). The van der Waals surface area contributed by atoms with Gasteiger partial charge in [-0.2, -0.15) is 5.10 Å². The van der Waals surface area contributed by atoms with Gasteiger partial charge >= 0.3 is 5.97 Å². The molecule has 1 unspecified atom stereocenters. The first kappa shape index (κ1) is 18.7. The van der Waals surface area contributed by atoms with Gasteiger partial charge in [-0.25, -0.2) is 4.79 Å². The van der Waals surface area contributed by atoms with Crippen molar-refractivity contribution < 1.29 is 14.7 Å². The van der Waals surface area contributed by atoms with Crippen LogP contribution < -0.4 is 0 Å². The van der Waals surface area contributed by atoms with E-state index in [-0.39, 0.29) is 17.5 Å². The highest BCUT2D eigenvalue weighted by Gasteiger charge is 2.34. The van der Waals surface area contributed by atoms with E-state index in [2.05, 4.69) is 42.2 Å². The number of rotatable bonds is 4. The minimum atomic E-state index is -1.02. The van der Waals surface area contributed by atoms with Crippen LogP contribution in [0.1, 0.15) is 76.0 Å². The summed E-state index contributed by atoms with van der Waals surface area (Å²) < 4.78 is 0. The van der Waals surface area contributed by atoms with Gasteiger partial charge in [0.25, 0.3) is 0 Å². The Morgan fingerprint density at radius 2 is 1.96 bits per heavy atom. The van der Waals surface area contributed by atoms with Crippen LogP contribution in [0.4, 0.5) is 0 Å². The number of fused-ring (bicyclic) bond motifs is 1. The number of likely N-dealkylation sites (tertiary alicyclic amines) is 1. The minimum Gasteiger partial charge on any atom is -0.476 e. The molecule has 2 aromatic rings. The normalized spacial score (nSPS) is 19.6. The lowest BCUT2D eigenvalue weighted by Crippen LogP contribution is -2.38. The summed E-state index contributed by atoms with van der Waals surface area (Å²) in [6.45, 7) is 5.88. The van der Waals surface area contributed by atoms with Gasteiger partial charge in [-0.05, 0) is 68.1 Å². The summed E-state index contributed by atoms with van der Waals surface area (Å²) in [4.78, 5) is 26.2. The summed E-state index contributed by atoms with van der Waals surface area (Å²) in [7, 11) is 0. The second kappa shape index (κ2) is 7.41. The predicted molar refractivity (Wildman–Crippen MR) is 106 cm³/mol. The number of aryl methyl sites for hydroxylation is 2. The van der Waals surface area contributed by atoms with E-state index in [1.165, 1.54) is 16.7 Å². The maximum Gasteiger partial charge on any atom is 0.356 e. The summed E-state index contributed by atoms with van der Waals surface area (Å²) in [6, 6.07) is 6.49. The highest BCUT2D eigenvalue weighted by atomic mass is 16.4. The number of aromatic carboxylic acids is 1. The number of hydrogen-bond acceptors (Lipinski definition) is 3. The molecular weight excluding hydrogens is 354 g/mol. The Morgan fingerprint density at radius 1 is 1.21 bits per heavy atom. The average molecular weight is 381 g/mol. The summed E-state index contributed by atoms with van der Waals surface area (Å²) >= 11 is 0. The zero-order valence-corrected chi connectivity index (χ0v) is 16.5. The highest BCUT2D eigenvalue weighted by Crippen LogP contribution is 2.38. The van der Waals surface area contributed by atoms with Crippen molar-refractivity contribution in [3.8, 4) is 0 Å². The van der Waals surface area contributed by atoms with Gasteiger partial charge in [0.1, 0.15) is 0 Å². The van der Waals surface area contributed by atoms with Gasteiger partial charge in [-0.3, -0.25) is 9.89 Å². The number of hydrogen-bond donors (Lipinski definition) is 2. The van der Waals surface area contributed by atoms with Crippen LogP contribution in [-0.2, 0) is 11.2 Å². The number of piperidine rings is 1.